The molecular weight excluding hydrogens is 462 g/mol. The van der Waals surface area contributed by atoms with Gasteiger partial charge in [0.15, 0.2) is 0 Å². The van der Waals surface area contributed by atoms with Crippen LogP contribution in [-0.2, 0) is 11.2 Å². The summed E-state index contributed by atoms with van der Waals surface area (Å²) in [7, 11) is 1.64. The molecule has 0 atom stereocenters. The summed E-state index contributed by atoms with van der Waals surface area (Å²) >= 11 is 6.53. The van der Waals surface area contributed by atoms with Crippen LogP contribution in [0.2, 0.25) is 5.02 Å². The summed E-state index contributed by atoms with van der Waals surface area (Å²) < 4.78 is 5.39. The van der Waals surface area contributed by atoms with Crippen LogP contribution in [0.3, 0.4) is 0 Å². The molecule has 6 nitrogen and oxygen atoms in total. The van der Waals surface area contributed by atoms with E-state index in [1.54, 1.807) is 19.5 Å². The monoisotopic (exact) mass is 491 g/mol. The zero-order valence-electron chi connectivity index (χ0n) is 20.0. The second kappa shape index (κ2) is 11.5. The van der Waals surface area contributed by atoms with Gasteiger partial charge in [-0.3, -0.25) is 14.7 Å². The molecule has 182 valence electrons. The lowest BCUT2D eigenvalue weighted by molar-refractivity contribution is -0.140. The van der Waals surface area contributed by atoms with Gasteiger partial charge >= 0.3 is 5.97 Å². The fourth-order valence-electron chi connectivity index (χ4n) is 4.92. The number of likely N-dealkylation sites (tertiary alicyclic amines) is 1. The van der Waals surface area contributed by atoms with Crippen LogP contribution in [0.5, 0.6) is 5.75 Å². The quantitative estimate of drug-likeness (QED) is 0.435. The molecule has 7 heteroatoms. The Morgan fingerprint density at radius 3 is 2.77 bits per heavy atom. The van der Waals surface area contributed by atoms with E-state index in [9.17, 15) is 9.90 Å². The molecule has 1 aromatic carbocycles. The van der Waals surface area contributed by atoms with E-state index < -0.39 is 5.97 Å². The van der Waals surface area contributed by atoms with Gasteiger partial charge in [-0.25, -0.2) is 4.98 Å². The van der Waals surface area contributed by atoms with E-state index >= 15 is 0 Å². The van der Waals surface area contributed by atoms with Crippen LogP contribution in [0.1, 0.15) is 43.4 Å². The highest BCUT2D eigenvalue weighted by molar-refractivity contribution is 6.32. The van der Waals surface area contributed by atoms with Crippen LogP contribution in [0.25, 0.3) is 10.9 Å². The summed E-state index contributed by atoms with van der Waals surface area (Å²) in [6, 6.07) is 11.5. The maximum Gasteiger partial charge on any atom is 0.303 e. The molecule has 1 fully saturated rings. The molecule has 0 radical (unpaired) electrons. The number of rotatable bonds is 8. The lowest BCUT2D eigenvalue weighted by Crippen LogP contribution is -2.41. The average molecular weight is 492 g/mol. The largest absolute Gasteiger partial charge is 0.497 e. The zero-order valence-corrected chi connectivity index (χ0v) is 20.7. The number of piperidine rings is 1. The van der Waals surface area contributed by atoms with Crippen LogP contribution in [0, 0.1) is 17.3 Å². The second-order valence-corrected chi connectivity index (χ2v) is 9.59. The molecule has 0 spiro atoms. The summed E-state index contributed by atoms with van der Waals surface area (Å²) in [5.74, 6) is 6.34. The van der Waals surface area contributed by atoms with Crippen LogP contribution in [0.4, 0.5) is 0 Å². The van der Waals surface area contributed by atoms with Crippen molar-refractivity contribution in [2.75, 3.05) is 26.7 Å². The van der Waals surface area contributed by atoms with Crippen molar-refractivity contribution in [2.45, 2.75) is 38.5 Å². The maximum atomic E-state index is 11.7. The van der Waals surface area contributed by atoms with Crippen molar-refractivity contribution in [1.82, 2.24) is 14.9 Å². The number of benzene rings is 1. The smallest absolute Gasteiger partial charge is 0.303 e. The third kappa shape index (κ3) is 6.50. The van der Waals surface area contributed by atoms with Crippen molar-refractivity contribution >= 4 is 28.5 Å². The molecule has 0 saturated carbocycles. The van der Waals surface area contributed by atoms with Gasteiger partial charge in [-0.05, 0) is 92.4 Å². The number of aliphatic carboxylic acids is 1. The predicted octanol–water partition coefficient (Wildman–Crippen LogP) is 5.22. The Balaban J connectivity index is 1.39. The highest BCUT2D eigenvalue weighted by Gasteiger charge is 2.36. The maximum absolute atomic E-state index is 11.7. The predicted molar refractivity (Wildman–Crippen MR) is 138 cm³/mol. The number of hydrogen-bond donors (Lipinski definition) is 1. The molecule has 1 aliphatic heterocycles. The Morgan fingerprint density at radius 2 is 2.06 bits per heavy atom. The molecule has 1 N–H and O–H groups in total. The molecule has 2 aromatic heterocycles. The van der Waals surface area contributed by atoms with E-state index in [-0.39, 0.29) is 11.8 Å². The summed E-state index contributed by atoms with van der Waals surface area (Å²) in [6.07, 6.45) is 7.81. The van der Waals surface area contributed by atoms with Crippen LogP contribution < -0.4 is 4.74 Å². The minimum atomic E-state index is -0.731. The van der Waals surface area contributed by atoms with E-state index in [4.69, 9.17) is 16.3 Å². The topological polar surface area (TPSA) is 75.6 Å². The first-order chi connectivity index (χ1) is 17.0. The number of hydrogen-bond acceptors (Lipinski definition) is 5. The van der Waals surface area contributed by atoms with Crippen molar-refractivity contribution in [1.29, 1.82) is 0 Å². The molecule has 1 saturated heterocycles. The SMILES string of the molecule is COc1ccc2ncc(Cl)c(CCCC3(CC(=O)O)CCN(CC#Cc4ccccn4)CC3)c2c1. The first-order valence-corrected chi connectivity index (χ1v) is 12.3. The van der Waals surface area contributed by atoms with Gasteiger partial charge in [0.1, 0.15) is 11.4 Å². The van der Waals surface area contributed by atoms with Crippen LogP contribution in [0.15, 0.2) is 48.8 Å². The molecule has 1 aliphatic rings. The molecule has 0 amide bonds. The molecule has 0 aliphatic carbocycles. The number of carbonyl (C=O) groups is 1. The van der Waals surface area contributed by atoms with Crippen LogP contribution in [-0.4, -0.2) is 52.7 Å². The standard InChI is InChI=1S/C28H30ClN3O3/c1-35-22-9-10-26-24(18-22)23(25(29)20-31-26)8-4-11-28(19-27(33)34)12-16-32(17-13-28)15-5-7-21-6-2-3-14-30-21/h2-3,6,9-10,14,18,20H,4,8,11-13,15-17,19H2,1H3,(H,33,34). The number of ether oxygens (including phenoxy) is 1. The van der Waals surface area contributed by atoms with Gasteiger partial charge in [-0.15, -0.1) is 0 Å². The third-order valence-corrected chi connectivity index (χ3v) is 7.22. The third-order valence-electron chi connectivity index (χ3n) is 6.89. The van der Waals surface area contributed by atoms with Gasteiger partial charge in [-0.2, -0.15) is 0 Å². The second-order valence-electron chi connectivity index (χ2n) is 9.18. The number of pyridine rings is 2. The number of aromatic nitrogens is 2. The number of carboxylic acid groups (broad SMARTS) is 1. The number of aryl methyl sites for hydroxylation is 1. The van der Waals surface area contributed by atoms with Gasteiger partial charge in [-0.1, -0.05) is 23.6 Å². The van der Waals surface area contributed by atoms with Gasteiger partial charge < -0.3 is 9.84 Å². The Morgan fingerprint density at radius 1 is 1.23 bits per heavy atom. The van der Waals surface area contributed by atoms with E-state index in [1.165, 1.54) is 0 Å². The van der Waals surface area contributed by atoms with E-state index in [1.807, 2.05) is 36.4 Å². The number of methoxy groups -OCH3 is 1. The number of carboxylic acids is 1. The van der Waals surface area contributed by atoms with Gasteiger partial charge in [0.25, 0.3) is 0 Å². The van der Waals surface area contributed by atoms with Gasteiger partial charge in [0.2, 0.25) is 0 Å². The fourth-order valence-corrected chi connectivity index (χ4v) is 5.17. The fraction of sp³-hybridized carbons (Fsp3) is 0.393. The normalized spacial score (nSPS) is 15.4. The summed E-state index contributed by atoms with van der Waals surface area (Å²) in [4.78, 5) is 22.7. The first kappa shape index (κ1) is 25.0. The first-order valence-electron chi connectivity index (χ1n) is 11.9. The zero-order chi connectivity index (χ0) is 24.7. The molecule has 3 aromatic rings. The lowest BCUT2D eigenvalue weighted by Gasteiger charge is -2.40. The molecule has 3 heterocycles. The molecule has 0 unspecified atom stereocenters. The van der Waals surface area contributed by atoms with E-state index in [0.29, 0.717) is 11.6 Å². The molecule has 35 heavy (non-hydrogen) atoms. The van der Waals surface area contributed by atoms with E-state index in [2.05, 4.69) is 26.7 Å². The van der Waals surface area contributed by atoms with Gasteiger partial charge in [0.05, 0.1) is 30.6 Å². The highest BCUT2D eigenvalue weighted by atomic mass is 35.5. The minimum absolute atomic E-state index is 0.194. The average Bonchev–Trinajstić information content (AvgIpc) is 2.86. The van der Waals surface area contributed by atoms with Gasteiger partial charge in [0, 0.05) is 17.8 Å². The Kier molecular flexibility index (Phi) is 8.22. The van der Waals surface area contributed by atoms with Crippen molar-refractivity contribution in [2.24, 2.45) is 5.41 Å². The van der Waals surface area contributed by atoms with Crippen molar-refractivity contribution in [3.8, 4) is 17.6 Å². The number of nitrogens with zero attached hydrogens (tertiary/aromatic N) is 3. The Hall–Kier alpha value is -3.14. The van der Waals surface area contributed by atoms with Crippen molar-refractivity contribution in [3.63, 3.8) is 0 Å². The number of fused-ring (bicyclic) bond motifs is 1. The molecule has 0 bridgehead atoms. The summed E-state index contributed by atoms with van der Waals surface area (Å²) in [6.45, 7) is 2.36. The summed E-state index contributed by atoms with van der Waals surface area (Å²) in [5, 5.41) is 11.3. The Bertz CT molecular complexity index is 1230. The Labute approximate surface area is 211 Å². The molecule has 4 rings (SSSR count). The van der Waals surface area contributed by atoms with Crippen molar-refractivity contribution < 1.29 is 14.6 Å². The summed E-state index contributed by atoms with van der Waals surface area (Å²) in [5.41, 5.74) is 2.49. The minimum Gasteiger partial charge on any atom is -0.497 e. The highest BCUT2D eigenvalue weighted by Crippen LogP contribution is 2.40. The van der Waals surface area contributed by atoms with Crippen LogP contribution >= 0.6 is 11.6 Å². The number of halogens is 1. The van der Waals surface area contributed by atoms with E-state index in [0.717, 1.165) is 73.1 Å². The molecular formula is C28H30ClN3O3. The lowest BCUT2D eigenvalue weighted by atomic mass is 9.72. The van der Waals surface area contributed by atoms with Crippen molar-refractivity contribution in [3.05, 3.63) is 65.1 Å².